The molecule has 0 spiro atoms. The molecule has 0 heterocycles. The van der Waals surface area contributed by atoms with Gasteiger partial charge in [0.2, 0.25) is 5.91 Å². The fourth-order valence-corrected chi connectivity index (χ4v) is 2.67. The molecule has 0 aliphatic carbocycles. The third kappa shape index (κ3) is 5.87. The topological polar surface area (TPSA) is 76.7 Å². The number of aryl methyl sites for hydroxylation is 2. The van der Waals surface area contributed by atoms with Crippen molar-refractivity contribution >= 4 is 23.6 Å². The van der Waals surface area contributed by atoms with Crippen molar-refractivity contribution in [2.24, 2.45) is 0 Å². The van der Waals surface area contributed by atoms with Crippen molar-refractivity contribution in [3.63, 3.8) is 0 Å². The number of benzene rings is 2. The van der Waals surface area contributed by atoms with E-state index in [4.69, 9.17) is 9.47 Å². The maximum absolute atomic E-state index is 12.1. The minimum absolute atomic E-state index is 0.132. The molecule has 0 saturated heterocycles. The Labute approximate surface area is 165 Å². The lowest BCUT2D eigenvalue weighted by Crippen LogP contribution is -2.36. The molecule has 0 aliphatic heterocycles. The fraction of sp³-hybridized carbons (Fsp3) is 0.273. The first-order valence-corrected chi connectivity index (χ1v) is 9.01. The Kier molecular flexibility index (Phi) is 7.63. The van der Waals surface area contributed by atoms with E-state index in [1.165, 1.54) is 0 Å². The molecule has 0 unspecified atom stereocenters. The van der Waals surface area contributed by atoms with Gasteiger partial charge < -0.3 is 20.1 Å². The zero-order chi connectivity index (χ0) is 20.5. The number of allylic oxidation sites excluding steroid dienone is 1. The molecule has 2 rings (SSSR count). The first-order chi connectivity index (χ1) is 13.4. The molecule has 2 aromatic rings. The van der Waals surface area contributed by atoms with Gasteiger partial charge in [0.25, 0.3) is 5.91 Å². The first-order valence-electron chi connectivity index (χ1n) is 9.01. The SMILES string of the molecule is C/C=C/c1ccc(OCC(=O)NCC(=O)Nc2c(C)cccc2C)c(OC)c1. The molecule has 148 valence electrons. The summed E-state index contributed by atoms with van der Waals surface area (Å²) in [4.78, 5) is 24.1. The molecule has 6 nitrogen and oxygen atoms in total. The van der Waals surface area contributed by atoms with Crippen molar-refractivity contribution in [1.29, 1.82) is 0 Å². The number of anilines is 1. The summed E-state index contributed by atoms with van der Waals surface area (Å²) in [7, 11) is 1.54. The lowest BCUT2D eigenvalue weighted by molar-refractivity contribution is -0.125. The predicted molar refractivity (Wildman–Crippen MR) is 111 cm³/mol. The minimum atomic E-state index is -0.392. The molecule has 0 fully saturated rings. The molecule has 28 heavy (non-hydrogen) atoms. The summed E-state index contributed by atoms with van der Waals surface area (Å²) in [5, 5.41) is 5.38. The highest BCUT2D eigenvalue weighted by Crippen LogP contribution is 2.28. The van der Waals surface area contributed by atoms with Crippen LogP contribution in [0.2, 0.25) is 0 Å². The number of hydrogen-bond acceptors (Lipinski definition) is 4. The molecular weight excluding hydrogens is 356 g/mol. The van der Waals surface area contributed by atoms with Crippen LogP contribution in [0.15, 0.2) is 42.5 Å². The first kappa shape index (κ1) is 21.0. The maximum atomic E-state index is 12.1. The van der Waals surface area contributed by atoms with Crippen molar-refractivity contribution in [2.45, 2.75) is 20.8 Å². The van der Waals surface area contributed by atoms with Gasteiger partial charge in [0, 0.05) is 5.69 Å². The van der Waals surface area contributed by atoms with Crippen LogP contribution in [-0.4, -0.2) is 32.1 Å². The third-order valence-electron chi connectivity index (χ3n) is 4.10. The van der Waals surface area contributed by atoms with Crippen LogP contribution in [0.3, 0.4) is 0 Å². The molecule has 0 atom stereocenters. The second kappa shape index (κ2) is 10.2. The summed E-state index contributed by atoms with van der Waals surface area (Å²) in [6, 6.07) is 11.2. The van der Waals surface area contributed by atoms with Crippen LogP contribution in [0.1, 0.15) is 23.6 Å². The highest BCUT2D eigenvalue weighted by atomic mass is 16.5. The van der Waals surface area contributed by atoms with Crippen LogP contribution in [0.25, 0.3) is 6.08 Å². The third-order valence-corrected chi connectivity index (χ3v) is 4.10. The van der Waals surface area contributed by atoms with Gasteiger partial charge in [0.1, 0.15) is 0 Å². The van der Waals surface area contributed by atoms with E-state index in [1.54, 1.807) is 13.2 Å². The van der Waals surface area contributed by atoms with E-state index in [-0.39, 0.29) is 19.1 Å². The molecule has 6 heteroatoms. The van der Waals surface area contributed by atoms with Crippen LogP contribution < -0.4 is 20.1 Å². The van der Waals surface area contributed by atoms with Crippen LogP contribution in [0.4, 0.5) is 5.69 Å². The summed E-state index contributed by atoms with van der Waals surface area (Å²) in [5.41, 5.74) is 3.68. The van der Waals surface area contributed by atoms with Gasteiger partial charge in [-0.25, -0.2) is 0 Å². The predicted octanol–water partition coefficient (Wildman–Crippen LogP) is 3.48. The Balaban J connectivity index is 1.85. The lowest BCUT2D eigenvalue weighted by Gasteiger charge is -2.13. The molecule has 0 aliphatic rings. The number of ether oxygens (including phenoxy) is 2. The van der Waals surface area contributed by atoms with Crippen molar-refractivity contribution in [3.05, 3.63) is 59.2 Å². The summed E-state index contributed by atoms with van der Waals surface area (Å²) in [6.45, 7) is 5.43. The molecule has 0 aromatic heterocycles. The molecule has 0 radical (unpaired) electrons. The largest absolute Gasteiger partial charge is 0.493 e. The van der Waals surface area contributed by atoms with E-state index in [1.807, 2.05) is 63.3 Å². The normalized spacial score (nSPS) is 10.6. The fourth-order valence-electron chi connectivity index (χ4n) is 2.67. The lowest BCUT2D eigenvalue weighted by atomic mass is 10.1. The van der Waals surface area contributed by atoms with Crippen LogP contribution in [-0.2, 0) is 9.59 Å². The quantitative estimate of drug-likeness (QED) is 0.733. The molecule has 0 saturated carbocycles. The summed E-state index contributed by atoms with van der Waals surface area (Å²) in [6.07, 6.45) is 3.86. The highest BCUT2D eigenvalue weighted by molar-refractivity contribution is 5.95. The molecule has 0 bridgehead atoms. The number of nitrogens with one attached hydrogen (secondary N) is 2. The van der Waals surface area contributed by atoms with Crippen LogP contribution >= 0.6 is 0 Å². The van der Waals surface area contributed by atoms with Gasteiger partial charge >= 0.3 is 0 Å². The van der Waals surface area contributed by atoms with E-state index in [0.29, 0.717) is 11.5 Å². The number of hydrogen-bond donors (Lipinski definition) is 2. The number of methoxy groups -OCH3 is 1. The zero-order valence-electron chi connectivity index (χ0n) is 16.7. The smallest absolute Gasteiger partial charge is 0.258 e. The van der Waals surface area contributed by atoms with Gasteiger partial charge in [0.15, 0.2) is 18.1 Å². The zero-order valence-corrected chi connectivity index (χ0v) is 16.7. The summed E-state index contributed by atoms with van der Waals surface area (Å²) in [5.74, 6) is 0.317. The average Bonchev–Trinajstić information content (AvgIpc) is 2.68. The second-order valence-electron chi connectivity index (χ2n) is 6.29. The van der Waals surface area contributed by atoms with Gasteiger partial charge in [-0.3, -0.25) is 9.59 Å². The molecule has 2 N–H and O–H groups in total. The van der Waals surface area contributed by atoms with Crippen molar-refractivity contribution in [3.8, 4) is 11.5 Å². The standard InChI is InChI=1S/C22H26N2O4/c1-5-7-17-10-11-18(19(12-17)27-4)28-14-21(26)23-13-20(25)24-22-15(2)8-6-9-16(22)3/h5-12H,13-14H2,1-4H3,(H,23,26)(H,24,25)/b7-5+. The average molecular weight is 382 g/mol. The Hall–Kier alpha value is -3.28. The Morgan fingerprint density at radius 1 is 1.04 bits per heavy atom. The van der Waals surface area contributed by atoms with Gasteiger partial charge in [-0.2, -0.15) is 0 Å². The van der Waals surface area contributed by atoms with E-state index < -0.39 is 5.91 Å². The van der Waals surface area contributed by atoms with E-state index in [0.717, 1.165) is 22.4 Å². The van der Waals surface area contributed by atoms with E-state index in [2.05, 4.69) is 10.6 Å². The number of carbonyl (C=O) groups excluding carboxylic acids is 2. The Morgan fingerprint density at radius 3 is 2.39 bits per heavy atom. The monoisotopic (exact) mass is 382 g/mol. The molecule has 2 aromatic carbocycles. The summed E-state index contributed by atoms with van der Waals surface area (Å²) < 4.78 is 10.8. The van der Waals surface area contributed by atoms with Gasteiger partial charge in [0.05, 0.1) is 13.7 Å². The number of rotatable bonds is 8. The van der Waals surface area contributed by atoms with Gasteiger partial charge in [-0.05, 0) is 49.6 Å². The van der Waals surface area contributed by atoms with Crippen LogP contribution in [0, 0.1) is 13.8 Å². The number of carbonyl (C=O) groups is 2. The molecule has 2 amide bonds. The summed E-state index contributed by atoms with van der Waals surface area (Å²) >= 11 is 0. The number of amides is 2. The highest BCUT2D eigenvalue weighted by Gasteiger charge is 2.11. The second-order valence-corrected chi connectivity index (χ2v) is 6.29. The Morgan fingerprint density at radius 2 is 1.75 bits per heavy atom. The molecular formula is C22H26N2O4. The Bertz CT molecular complexity index is 855. The van der Waals surface area contributed by atoms with E-state index >= 15 is 0 Å². The number of para-hydroxylation sites is 1. The van der Waals surface area contributed by atoms with Gasteiger partial charge in [-0.1, -0.05) is 36.4 Å². The maximum Gasteiger partial charge on any atom is 0.258 e. The minimum Gasteiger partial charge on any atom is -0.493 e. The van der Waals surface area contributed by atoms with Crippen LogP contribution in [0.5, 0.6) is 11.5 Å². The van der Waals surface area contributed by atoms with Crippen molar-refractivity contribution in [1.82, 2.24) is 5.32 Å². The van der Waals surface area contributed by atoms with E-state index in [9.17, 15) is 9.59 Å². The van der Waals surface area contributed by atoms with Gasteiger partial charge in [-0.15, -0.1) is 0 Å². The van der Waals surface area contributed by atoms with Crippen molar-refractivity contribution < 1.29 is 19.1 Å². The van der Waals surface area contributed by atoms with Crippen molar-refractivity contribution in [2.75, 3.05) is 25.6 Å².